The molecule has 11 heavy (non-hydrogen) atoms. The smallest absolute Gasteiger partial charge is 0.0664 e. The Bertz CT molecular complexity index is 104. The maximum Gasteiger partial charge on any atom is 0.0664 e. The van der Waals surface area contributed by atoms with Gasteiger partial charge in [0.15, 0.2) is 0 Å². The van der Waals surface area contributed by atoms with E-state index < -0.39 is 0 Å². The van der Waals surface area contributed by atoms with Crippen molar-refractivity contribution in [2.45, 2.75) is 39.0 Å². The summed E-state index contributed by atoms with van der Waals surface area (Å²) in [7, 11) is 1.89. The molecule has 0 spiro atoms. The van der Waals surface area contributed by atoms with Gasteiger partial charge in [-0.05, 0) is 27.8 Å². The Morgan fingerprint density at radius 1 is 1.18 bits per heavy atom. The van der Waals surface area contributed by atoms with Crippen molar-refractivity contribution in [1.82, 2.24) is 4.90 Å². The van der Waals surface area contributed by atoms with Gasteiger partial charge in [-0.1, -0.05) is 0 Å². The van der Waals surface area contributed by atoms with Crippen molar-refractivity contribution in [1.29, 1.82) is 0 Å². The number of rotatable bonds is 4. The molecule has 0 radical (unpaired) electrons. The third kappa shape index (κ3) is 4.35. The molecule has 0 bridgehead atoms. The van der Waals surface area contributed by atoms with Crippen LogP contribution in [0.25, 0.3) is 0 Å². The van der Waals surface area contributed by atoms with Gasteiger partial charge < -0.3 is 10.2 Å². The number of likely N-dealkylation sites (N-methyl/N-ethyl adjacent to an activating group) is 1. The first kappa shape index (κ1) is 10.9. The van der Waals surface area contributed by atoms with E-state index >= 15 is 0 Å². The second-order valence-corrected chi connectivity index (χ2v) is 3.27. The van der Waals surface area contributed by atoms with Crippen LogP contribution in [0, 0.1) is 0 Å². The summed E-state index contributed by atoms with van der Waals surface area (Å²) in [5.74, 6) is 0. The zero-order valence-corrected chi connectivity index (χ0v) is 7.78. The second kappa shape index (κ2) is 4.70. The summed E-state index contributed by atoms with van der Waals surface area (Å²) in [4.78, 5) is 1.94. The zero-order chi connectivity index (χ0) is 9.02. The highest BCUT2D eigenvalue weighted by Gasteiger charge is 2.15. The molecule has 0 saturated heterocycles. The summed E-state index contributed by atoms with van der Waals surface area (Å²) in [6.45, 7) is 6.04. The topological polar surface area (TPSA) is 43.7 Å². The molecule has 0 saturated carbocycles. The lowest BCUT2D eigenvalue weighted by Gasteiger charge is -2.27. The van der Waals surface area contributed by atoms with Crippen molar-refractivity contribution in [3.63, 3.8) is 0 Å². The van der Waals surface area contributed by atoms with Gasteiger partial charge in [-0.15, -0.1) is 0 Å². The van der Waals surface area contributed by atoms with Gasteiger partial charge in [0.2, 0.25) is 0 Å². The van der Waals surface area contributed by atoms with Crippen LogP contribution in [0.15, 0.2) is 0 Å². The highest BCUT2D eigenvalue weighted by atomic mass is 16.3. The monoisotopic (exact) mass is 161 g/mol. The fourth-order valence-corrected chi connectivity index (χ4v) is 0.951. The Kier molecular flexibility index (Phi) is 4.65. The minimum absolute atomic E-state index is 0.101. The van der Waals surface area contributed by atoms with Crippen molar-refractivity contribution < 1.29 is 10.2 Å². The van der Waals surface area contributed by atoms with Crippen molar-refractivity contribution in [3.8, 4) is 0 Å². The van der Waals surface area contributed by atoms with Crippen LogP contribution < -0.4 is 0 Å². The molecule has 0 aromatic carbocycles. The molecule has 0 aromatic heterocycles. The molecular weight excluding hydrogens is 142 g/mol. The predicted octanol–water partition coefficient (Wildman–Crippen LogP) is 0.0683. The molecule has 3 nitrogen and oxygen atoms in total. The molecule has 2 N–H and O–H groups in total. The van der Waals surface area contributed by atoms with Gasteiger partial charge in [0.05, 0.1) is 12.2 Å². The van der Waals surface area contributed by atoms with Crippen LogP contribution in [-0.4, -0.2) is 47.0 Å². The van der Waals surface area contributed by atoms with E-state index in [1.54, 1.807) is 13.8 Å². The van der Waals surface area contributed by atoms with Crippen LogP contribution in [-0.2, 0) is 0 Å². The molecular formula is C8H19NO2. The SMILES string of the molecule is CC(O)CN(C)C(C)C(C)O. The lowest BCUT2D eigenvalue weighted by atomic mass is 10.2. The fourth-order valence-electron chi connectivity index (χ4n) is 0.951. The molecule has 0 amide bonds. The summed E-state index contributed by atoms with van der Waals surface area (Å²) >= 11 is 0. The van der Waals surface area contributed by atoms with E-state index in [1.165, 1.54) is 0 Å². The first-order valence-corrected chi connectivity index (χ1v) is 4.01. The standard InChI is InChI=1S/C8H19NO2/c1-6(10)5-9(4)7(2)8(3)11/h6-8,10-11H,5H2,1-4H3. The van der Waals surface area contributed by atoms with Crippen LogP contribution >= 0.6 is 0 Å². The van der Waals surface area contributed by atoms with Crippen LogP contribution in [0.1, 0.15) is 20.8 Å². The molecule has 0 fully saturated rings. The van der Waals surface area contributed by atoms with E-state index in [-0.39, 0.29) is 18.2 Å². The molecule has 0 aromatic rings. The summed E-state index contributed by atoms with van der Waals surface area (Å²) < 4.78 is 0. The van der Waals surface area contributed by atoms with E-state index in [4.69, 9.17) is 5.11 Å². The van der Waals surface area contributed by atoms with Gasteiger partial charge in [-0.25, -0.2) is 0 Å². The van der Waals surface area contributed by atoms with E-state index in [9.17, 15) is 5.11 Å². The van der Waals surface area contributed by atoms with Gasteiger partial charge in [-0.2, -0.15) is 0 Å². The van der Waals surface area contributed by atoms with Crippen LogP contribution in [0.3, 0.4) is 0 Å². The average molecular weight is 161 g/mol. The van der Waals surface area contributed by atoms with Gasteiger partial charge in [-0.3, -0.25) is 4.90 Å². The average Bonchev–Trinajstić information content (AvgIpc) is 1.84. The molecule has 68 valence electrons. The highest BCUT2D eigenvalue weighted by Crippen LogP contribution is 2.01. The largest absolute Gasteiger partial charge is 0.392 e. The number of hydrogen-bond acceptors (Lipinski definition) is 3. The van der Waals surface area contributed by atoms with E-state index in [0.29, 0.717) is 6.54 Å². The number of aliphatic hydroxyl groups is 2. The summed E-state index contributed by atoms with van der Waals surface area (Å²) in [6.07, 6.45) is -0.681. The van der Waals surface area contributed by atoms with E-state index in [2.05, 4.69) is 0 Å². The van der Waals surface area contributed by atoms with Crippen molar-refractivity contribution >= 4 is 0 Å². The summed E-state index contributed by atoms with van der Waals surface area (Å²) in [6, 6.07) is 0.101. The van der Waals surface area contributed by atoms with Crippen LogP contribution in [0.2, 0.25) is 0 Å². The van der Waals surface area contributed by atoms with E-state index in [1.807, 2.05) is 18.9 Å². The molecule has 0 rings (SSSR count). The van der Waals surface area contributed by atoms with Crippen LogP contribution in [0.5, 0.6) is 0 Å². The minimum atomic E-state index is -0.348. The third-order valence-electron chi connectivity index (χ3n) is 1.95. The van der Waals surface area contributed by atoms with Crippen molar-refractivity contribution in [2.24, 2.45) is 0 Å². The number of aliphatic hydroxyl groups excluding tert-OH is 2. The zero-order valence-electron chi connectivity index (χ0n) is 7.78. The molecule has 3 heteroatoms. The highest BCUT2D eigenvalue weighted by molar-refractivity contribution is 4.69. The first-order chi connectivity index (χ1) is 4.95. The number of hydrogen-bond donors (Lipinski definition) is 2. The minimum Gasteiger partial charge on any atom is -0.392 e. The van der Waals surface area contributed by atoms with Crippen molar-refractivity contribution in [2.75, 3.05) is 13.6 Å². The molecule has 3 unspecified atom stereocenters. The maximum absolute atomic E-state index is 9.18. The molecule has 0 aliphatic carbocycles. The molecule has 3 atom stereocenters. The Morgan fingerprint density at radius 2 is 1.64 bits per heavy atom. The van der Waals surface area contributed by atoms with Gasteiger partial charge in [0, 0.05) is 12.6 Å². The first-order valence-electron chi connectivity index (χ1n) is 4.01. The lowest BCUT2D eigenvalue weighted by molar-refractivity contribution is 0.0565. The molecule has 0 aliphatic heterocycles. The Balaban J connectivity index is 3.73. The van der Waals surface area contributed by atoms with Gasteiger partial charge >= 0.3 is 0 Å². The molecule has 0 heterocycles. The third-order valence-corrected chi connectivity index (χ3v) is 1.95. The van der Waals surface area contributed by atoms with Crippen LogP contribution in [0.4, 0.5) is 0 Å². The summed E-state index contributed by atoms with van der Waals surface area (Å²) in [5, 5.41) is 18.2. The fraction of sp³-hybridized carbons (Fsp3) is 1.00. The maximum atomic E-state index is 9.18. The second-order valence-electron chi connectivity index (χ2n) is 3.27. The number of nitrogens with zero attached hydrogens (tertiary/aromatic N) is 1. The lowest BCUT2D eigenvalue weighted by Crippen LogP contribution is -2.40. The van der Waals surface area contributed by atoms with Gasteiger partial charge in [0.25, 0.3) is 0 Å². The van der Waals surface area contributed by atoms with E-state index in [0.717, 1.165) is 0 Å². The Labute approximate surface area is 68.6 Å². The van der Waals surface area contributed by atoms with Gasteiger partial charge in [0.1, 0.15) is 0 Å². The normalized spacial score (nSPS) is 19.9. The Morgan fingerprint density at radius 3 is 1.91 bits per heavy atom. The summed E-state index contributed by atoms with van der Waals surface area (Å²) in [5.41, 5.74) is 0. The quantitative estimate of drug-likeness (QED) is 0.613. The van der Waals surface area contributed by atoms with Crippen molar-refractivity contribution in [3.05, 3.63) is 0 Å². The Hall–Kier alpha value is -0.120. The molecule has 0 aliphatic rings. The predicted molar refractivity (Wildman–Crippen MR) is 45.5 cm³/mol.